The van der Waals surface area contributed by atoms with E-state index in [4.69, 9.17) is 15.5 Å². The van der Waals surface area contributed by atoms with Crippen molar-refractivity contribution in [2.24, 2.45) is 16.6 Å². The quantitative estimate of drug-likeness (QED) is 0.280. The minimum absolute atomic E-state index is 0. The van der Waals surface area contributed by atoms with Crippen molar-refractivity contribution in [3.63, 3.8) is 0 Å². The van der Waals surface area contributed by atoms with E-state index in [-0.39, 0.29) is 36.0 Å². The zero-order valence-corrected chi connectivity index (χ0v) is 21.1. The maximum atomic E-state index is 11.1. The second kappa shape index (κ2) is 13.2. The highest BCUT2D eigenvalue weighted by Gasteiger charge is 2.27. The molecule has 1 amide bonds. The van der Waals surface area contributed by atoms with E-state index in [9.17, 15) is 4.79 Å². The number of primary amides is 1. The Balaban J connectivity index is 0.00000341. The molecule has 2 fully saturated rings. The summed E-state index contributed by atoms with van der Waals surface area (Å²) in [6, 6.07) is 9.05. The summed E-state index contributed by atoms with van der Waals surface area (Å²) >= 11 is 0. The van der Waals surface area contributed by atoms with Crippen molar-refractivity contribution in [1.82, 2.24) is 15.5 Å². The van der Waals surface area contributed by atoms with Crippen LogP contribution in [-0.2, 0) is 9.53 Å². The molecule has 2 aliphatic rings. The van der Waals surface area contributed by atoms with Gasteiger partial charge in [0.05, 0.1) is 12.6 Å². The van der Waals surface area contributed by atoms with Crippen molar-refractivity contribution in [1.29, 1.82) is 0 Å². The summed E-state index contributed by atoms with van der Waals surface area (Å²) in [6.45, 7) is 8.71. The van der Waals surface area contributed by atoms with Gasteiger partial charge in [0.15, 0.2) is 5.96 Å². The van der Waals surface area contributed by atoms with Gasteiger partial charge in [0.1, 0.15) is 0 Å². The van der Waals surface area contributed by atoms with Gasteiger partial charge in [-0.15, -0.1) is 24.0 Å². The molecule has 2 saturated heterocycles. The van der Waals surface area contributed by atoms with Gasteiger partial charge in [0.25, 0.3) is 0 Å². The fourth-order valence-corrected chi connectivity index (χ4v) is 4.33. The summed E-state index contributed by atoms with van der Waals surface area (Å²) < 4.78 is 6.15. The molecule has 2 atom stereocenters. The number of guanidine groups is 1. The predicted molar refractivity (Wildman–Crippen MR) is 136 cm³/mol. The Kier molecular flexibility index (Phi) is 11.0. The van der Waals surface area contributed by atoms with E-state index in [2.05, 4.69) is 53.6 Å². The van der Waals surface area contributed by atoms with E-state index in [1.165, 1.54) is 11.1 Å². The minimum Gasteiger partial charge on any atom is -0.373 e. The molecule has 2 heterocycles. The molecule has 0 aromatic heterocycles. The van der Waals surface area contributed by atoms with Crippen LogP contribution in [0.15, 0.2) is 29.3 Å². The number of nitrogens with zero attached hydrogens (tertiary/aromatic N) is 2. The Bertz CT molecular complexity index is 704. The van der Waals surface area contributed by atoms with Crippen LogP contribution in [0.25, 0.3) is 0 Å². The van der Waals surface area contributed by atoms with E-state index < -0.39 is 0 Å². The third-order valence-corrected chi connectivity index (χ3v) is 5.99. The van der Waals surface area contributed by atoms with Crippen molar-refractivity contribution < 1.29 is 9.53 Å². The van der Waals surface area contributed by atoms with Gasteiger partial charge in [-0.3, -0.25) is 14.7 Å². The molecule has 7 nitrogen and oxygen atoms in total. The average Bonchev–Trinajstić information content (AvgIpc) is 2.74. The SMILES string of the molecule is CCNC(=NCC1CCCOC1c1ccc(C)cc1)NC1CCN(CC(N)=O)CC1.I. The number of hydrogen-bond donors (Lipinski definition) is 3. The van der Waals surface area contributed by atoms with E-state index in [1.807, 2.05) is 0 Å². The van der Waals surface area contributed by atoms with Crippen molar-refractivity contribution >= 4 is 35.8 Å². The van der Waals surface area contributed by atoms with Gasteiger partial charge in [-0.2, -0.15) is 0 Å². The number of benzene rings is 1. The first-order chi connectivity index (χ1) is 14.5. The predicted octanol–water partition coefficient (Wildman–Crippen LogP) is 2.59. The normalized spacial score (nSPS) is 23.1. The number of nitrogens with one attached hydrogen (secondary N) is 2. The highest BCUT2D eigenvalue weighted by molar-refractivity contribution is 14.0. The van der Waals surface area contributed by atoms with Gasteiger partial charge in [-0.1, -0.05) is 29.8 Å². The summed E-state index contributed by atoms with van der Waals surface area (Å²) in [7, 11) is 0. The number of ether oxygens (including phenoxy) is 1. The van der Waals surface area contributed by atoms with Crippen LogP contribution in [0.5, 0.6) is 0 Å². The van der Waals surface area contributed by atoms with Crippen LogP contribution in [-0.4, -0.2) is 62.1 Å². The maximum absolute atomic E-state index is 11.1. The Morgan fingerprint density at radius 3 is 2.58 bits per heavy atom. The number of piperidine rings is 1. The highest BCUT2D eigenvalue weighted by Crippen LogP contribution is 2.34. The summed E-state index contributed by atoms with van der Waals surface area (Å²) in [5, 5.41) is 6.97. The largest absolute Gasteiger partial charge is 0.373 e. The average molecular weight is 543 g/mol. The number of carbonyl (C=O) groups excluding carboxylic acids is 1. The first-order valence-corrected chi connectivity index (χ1v) is 11.3. The highest BCUT2D eigenvalue weighted by atomic mass is 127. The lowest BCUT2D eigenvalue weighted by Crippen LogP contribution is -2.50. The Morgan fingerprint density at radius 1 is 1.23 bits per heavy atom. The number of rotatable bonds is 7. The van der Waals surface area contributed by atoms with Crippen LogP contribution in [0.3, 0.4) is 0 Å². The Morgan fingerprint density at radius 2 is 1.94 bits per heavy atom. The molecule has 8 heteroatoms. The second-order valence-corrected chi connectivity index (χ2v) is 8.49. The number of aryl methyl sites for hydroxylation is 1. The molecule has 174 valence electrons. The Labute approximate surface area is 203 Å². The maximum Gasteiger partial charge on any atom is 0.231 e. The monoisotopic (exact) mass is 543 g/mol. The van der Waals surface area contributed by atoms with Crippen molar-refractivity contribution in [2.75, 3.05) is 39.3 Å². The van der Waals surface area contributed by atoms with E-state index in [0.29, 0.717) is 18.5 Å². The van der Waals surface area contributed by atoms with Gasteiger partial charge in [-0.05, 0) is 45.1 Å². The summed E-state index contributed by atoms with van der Waals surface area (Å²) in [6.07, 6.45) is 4.30. The molecule has 0 radical (unpaired) electrons. The topological polar surface area (TPSA) is 92.0 Å². The Hall–Kier alpha value is -1.39. The molecular formula is C23H38IN5O2. The molecule has 1 aromatic carbocycles. The molecule has 31 heavy (non-hydrogen) atoms. The van der Waals surface area contributed by atoms with Crippen molar-refractivity contribution in [3.05, 3.63) is 35.4 Å². The standard InChI is InChI=1S/C23H37N5O2.HI/c1-3-25-23(27-20-10-12-28(13-11-20)16-21(24)29)26-15-19-5-4-14-30-22(19)18-8-6-17(2)7-9-18;/h6-9,19-20,22H,3-5,10-16H2,1-2H3,(H2,24,29)(H2,25,26,27);1H. The lowest BCUT2D eigenvalue weighted by Gasteiger charge is -2.33. The zero-order valence-electron chi connectivity index (χ0n) is 18.8. The number of likely N-dealkylation sites (tertiary alicyclic amines) is 1. The number of hydrogen-bond acceptors (Lipinski definition) is 4. The second-order valence-electron chi connectivity index (χ2n) is 8.49. The summed E-state index contributed by atoms with van der Waals surface area (Å²) in [5.74, 6) is 1.00. The molecule has 0 aliphatic carbocycles. The first kappa shape index (κ1) is 25.9. The van der Waals surface area contributed by atoms with Gasteiger partial charge >= 0.3 is 0 Å². The van der Waals surface area contributed by atoms with Gasteiger partial charge in [0.2, 0.25) is 5.91 Å². The zero-order chi connectivity index (χ0) is 21.3. The number of amides is 1. The molecule has 1 aromatic rings. The number of halogens is 1. The smallest absolute Gasteiger partial charge is 0.231 e. The summed E-state index contributed by atoms with van der Waals surface area (Å²) in [4.78, 5) is 18.2. The molecule has 0 saturated carbocycles. The van der Waals surface area contributed by atoms with Gasteiger partial charge in [0, 0.05) is 44.7 Å². The van der Waals surface area contributed by atoms with Crippen LogP contribution >= 0.6 is 24.0 Å². The fourth-order valence-electron chi connectivity index (χ4n) is 4.33. The summed E-state index contributed by atoms with van der Waals surface area (Å²) in [5.41, 5.74) is 7.83. The molecule has 0 bridgehead atoms. The van der Waals surface area contributed by atoms with Crippen molar-refractivity contribution in [3.8, 4) is 0 Å². The number of carbonyl (C=O) groups is 1. The molecule has 2 unspecified atom stereocenters. The fraction of sp³-hybridized carbons (Fsp3) is 0.652. The number of nitrogens with two attached hydrogens (primary N) is 1. The van der Waals surface area contributed by atoms with E-state index in [1.54, 1.807) is 0 Å². The van der Waals surface area contributed by atoms with E-state index in [0.717, 1.165) is 64.4 Å². The lowest BCUT2D eigenvalue weighted by atomic mass is 9.89. The van der Waals surface area contributed by atoms with Gasteiger partial charge in [-0.25, -0.2) is 0 Å². The number of aliphatic imine (C=N–C) groups is 1. The third kappa shape index (κ3) is 8.23. The molecule has 4 N–H and O–H groups in total. The molecule has 2 aliphatic heterocycles. The van der Waals surface area contributed by atoms with Crippen LogP contribution in [0.1, 0.15) is 49.8 Å². The van der Waals surface area contributed by atoms with Gasteiger partial charge < -0.3 is 21.1 Å². The van der Waals surface area contributed by atoms with E-state index >= 15 is 0 Å². The first-order valence-electron chi connectivity index (χ1n) is 11.3. The lowest BCUT2D eigenvalue weighted by molar-refractivity contribution is -0.119. The molecule has 0 spiro atoms. The molecule has 3 rings (SSSR count). The molecular weight excluding hydrogens is 505 g/mol. The van der Waals surface area contributed by atoms with Crippen LogP contribution in [0.4, 0.5) is 0 Å². The minimum atomic E-state index is -0.255. The van der Waals surface area contributed by atoms with Crippen molar-refractivity contribution in [2.45, 2.75) is 51.7 Å². The van der Waals surface area contributed by atoms with Crippen LogP contribution in [0, 0.1) is 12.8 Å². The van der Waals surface area contributed by atoms with Crippen LogP contribution in [0.2, 0.25) is 0 Å². The van der Waals surface area contributed by atoms with Crippen LogP contribution < -0.4 is 16.4 Å². The third-order valence-electron chi connectivity index (χ3n) is 5.99.